The van der Waals surface area contributed by atoms with E-state index in [1.54, 1.807) is 24.3 Å². The number of terminal acetylenes is 1. The smallest absolute Gasteiger partial charge is 0.251 e. The van der Waals surface area contributed by atoms with Gasteiger partial charge in [0.1, 0.15) is 5.82 Å². The van der Waals surface area contributed by atoms with Crippen LogP contribution < -0.4 is 4.80 Å². The Hall–Kier alpha value is -2.87. The van der Waals surface area contributed by atoms with Gasteiger partial charge in [-0.1, -0.05) is 35.0 Å². The molecule has 1 amide bonds. The fourth-order valence-corrected chi connectivity index (χ4v) is 6.38. The monoisotopic (exact) mass is 489 g/mol. The molecule has 3 aromatic rings. The Morgan fingerprint density at radius 2 is 1.88 bits per heavy atom. The molecule has 4 rings (SSSR count). The van der Waals surface area contributed by atoms with Gasteiger partial charge in [-0.05, 0) is 38.0 Å². The molecule has 2 heterocycles. The van der Waals surface area contributed by atoms with Crippen LogP contribution in [0.3, 0.4) is 0 Å². The van der Waals surface area contributed by atoms with Crippen LogP contribution in [0, 0.1) is 36.8 Å². The summed E-state index contributed by atoms with van der Waals surface area (Å²) in [4.78, 5) is 17.4. The van der Waals surface area contributed by atoms with Crippen molar-refractivity contribution in [3.63, 3.8) is 0 Å². The van der Waals surface area contributed by atoms with Crippen LogP contribution in [0.4, 0.5) is 8.78 Å². The average Bonchev–Trinajstić information content (AvgIpc) is 3.11. The number of benzene rings is 2. The molecule has 1 fully saturated rings. The third kappa shape index (κ3) is 4.62. The minimum absolute atomic E-state index is 0.0259. The molecular weight excluding hydrogens is 468 g/mol. The largest absolute Gasteiger partial charge is 0.302 e. The zero-order valence-electron chi connectivity index (χ0n) is 17.8. The van der Waals surface area contributed by atoms with Crippen molar-refractivity contribution in [1.29, 1.82) is 0 Å². The Kier molecular flexibility index (Phi) is 6.47. The topological polar surface area (TPSA) is 71.7 Å². The second-order valence-electron chi connectivity index (χ2n) is 7.85. The van der Waals surface area contributed by atoms with Gasteiger partial charge in [0.2, 0.25) is 10.0 Å². The number of carbonyl (C=O) groups excluding carboxylic acids is 1. The summed E-state index contributed by atoms with van der Waals surface area (Å²) >= 11 is 0.981. The van der Waals surface area contributed by atoms with E-state index in [0.29, 0.717) is 17.5 Å². The van der Waals surface area contributed by atoms with Gasteiger partial charge in [-0.25, -0.2) is 17.2 Å². The minimum Gasteiger partial charge on any atom is -0.302 e. The highest BCUT2D eigenvalue weighted by atomic mass is 32.2. The van der Waals surface area contributed by atoms with Crippen molar-refractivity contribution in [1.82, 2.24) is 8.87 Å². The van der Waals surface area contributed by atoms with Gasteiger partial charge < -0.3 is 4.57 Å². The summed E-state index contributed by atoms with van der Waals surface area (Å²) in [5.41, 5.74) is 1.07. The van der Waals surface area contributed by atoms with E-state index in [4.69, 9.17) is 6.42 Å². The highest BCUT2D eigenvalue weighted by Gasteiger charge is 2.32. The Balaban J connectivity index is 1.56. The van der Waals surface area contributed by atoms with Gasteiger partial charge in [-0.2, -0.15) is 9.30 Å². The predicted molar refractivity (Wildman–Crippen MR) is 122 cm³/mol. The van der Waals surface area contributed by atoms with E-state index in [-0.39, 0.29) is 34.8 Å². The Morgan fingerprint density at radius 1 is 1.21 bits per heavy atom. The van der Waals surface area contributed by atoms with Crippen LogP contribution in [0.1, 0.15) is 18.4 Å². The fourth-order valence-electron chi connectivity index (χ4n) is 3.84. The van der Waals surface area contributed by atoms with Gasteiger partial charge in [-0.15, -0.1) is 6.42 Å². The maximum absolute atomic E-state index is 14.3. The number of hydrogen-bond donors (Lipinski definition) is 0. The minimum atomic E-state index is -3.64. The van der Waals surface area contributed by atoms with E-state index in [2.05, 4.69) is 10.9 Å². The summed E-state index contributed by atoms with van der Waals surface area (Å²) in [5, 5.41) is 0. The molecule has 6 nitrogen and oxygen atoms in total. The van der Waals surface area contributed by atoms with Crippen LogP contribution in [-0.2, 0) is 21.4 Å². The first-order valence-electron chi connectivity index (χ1n) is 10.3. The fraction of sp³-hybridized carbons (Fsp3) is 0.304. The van der Waals surface area contributed by atoms with Crippen LogP contribution in [0.25, 0.3) is 10.2 Å². The lowest BCUT2D eigenvalue weighted by Crippen LogP contribution is -2.40. The third-order valence-electron chi connectivity index (χ3n) is 5.61. The highest BCUT2D eigenvalue weighted by molar-refractivity contribution is 7.89. The van der Waals surface area contributed by atoms with E-state index >= 15 is 0 Å². The summed E-state index contributed by atoms with van der Waals surface area (Å²) in [6, 6.07) is 8.57. The van der Waals surface area contributed by atoms with Crippen molar-refractivity contribution in [2.75, 3.05) is 13.1 Å². The number of carbonyl (C=O) groups is 1. The molecule has 2 aromatic carbocycles. The summed E-state index contributed by atoms with van der Waals surface area (Å²) < 4.78 is 56.8. The van der Waals surface area contributed by atoms with Gasteiger partial charge in [0.05, 0.1) is 21.7 Å². The van der Waals surface area contributed by atoms with Crippen LogP contribution in [0.5, 0.6) is 0 Å². The molecule has 1 aliphatic rings. The number of sulfonamides is 1. The van der Waals surface area contributed by atoms with E-state index < -0.39 is 33.5 Å². The number of piperidine rings is 1. The number of hydrogen-bond acceptors (Lipinski definition) is 4. The van der Waals surface area contributed by atoms with Crippen LogP contribution in [0.15, 0.2) is 46.3 Å². The lowest BCUT2D eigenvalue weighted by molar-refractivity contribution is -0.122. The maximum atomic E-state index is 14.3. The molecule has 1 aromatic heterocycles. The summed E-state index contributed by atoms with van der Waals surface area (Å²) in [7, 11) is -3.64. The first-order chi connectivity index (χ1) is 15.7. The molecule has 0 aliphatic carbocycles. The maximum Gasteiger partial charge on any atom is 0.251 e. The first kappa shape index (κ1) is 23.3. The van der Waals surface area contributed by atoms with Crippen molar-refractivity contribution in [2.45, 2.75) is 31.2 Å². The van der Waals surface area contributed by atoms with Gasteiger partial charge in [-0.3, -0.25) is 4.79 Å². The summed E-state index contributed by atoms with van der Waals surface area (Å²) in [5.74, 6) is -0.00389. The van der Waals surface area contributed by atoms with Crippen molar-refractivity contribution in [2.24, 2.45) is 10.9 Å². The van der Waals surface area contributed by atoms with Crippen molar-refractivity contribution in [3.05, 3.63) is 58.4 Å². The predicted octanol–water partition coefficient (Wildman–Crippen LogP) is 3.45. The Morgan fingerprint density at radius 3 is 2.52 bits per heavy atom. The Labute approximate surface area is 194 Å². The quantitative estimate of drug-likeness (QED) is 0.527. The third-order valence-corrected chi connectivity index (χ3v) is 8.55. The van der Waals surface area contributed by atoms with E-state index in [0.717, 1.165) is 23.0 Å². The average molecular weight is 490 g/mol. The van der Waals surface area contributed by atoms with Crippen molar-refractivity contribution >= 4 is 37.5 Å². The number of halogens is 2. The van der Waals surface area contributed by atoms with Gasteiger partial charge in [0.25, 0.3) is 5.91 Å². The summed E-state index contributed by atoms with van der Waals surface area (Å²) in [6.07, 6.45) is 6.03. The highest BCUT2D eigenvalue weighted by Crippen LogP contribution is 2.26. The van der Waals surface area contributed by atoms with Gasteiger partial charge in [0, 0.05) is 25.1 Å². The molecule has 0 radical (unpaired) electrons. The number of amides is 1. The molecule has 10 heteroatoms. The zero-order valence-corrected chi connectivity index (χ0v) is 19.4. The molecule has 33 heavy (non-hydrogen) atoms. The van der Waals surface area contributed by atoms with Crippen LogP contribution >= 0.6 is 11.3 Å². The van der Waals surface area contributed by atoms with Crippen molar-refractivity contribution in [3.8, 4) is 12.3 Å². The molecular formula is C23H21F2N3O3S2. The first-order valence-corrected chi connectivity index (χ1v) is 12.5. The summed E-state index contributed by atoms with van der Waals surface area (Å²) in [6.45, 7) is 2.24. The normalized spacial score (nSPS) is 16.2. The van der Waals surface area contributed by atoms with Gasteiger partial charge >= 0.3 is 0 Å². The number of thiazole rings is 1. The lowest BCUT2D eigenvalue weighted by Gasteiger charge is -2.29. The van der Waals surface area contributed by atoms with E-state index in [1.165, 1.54) is 14.9 Å². The molecule has 0 bridgehead atoms. The van der Waals surface area contributed by atoms with Crippen LogP contribution in [-0.4, -0.2) is 36.3 Å². The number of aryl methyl sites for hydroxylation is 1. The molecule has 1 aliphatic heterocycles. The number of rotatable bonds is 4. The van der Waals surface area contributed by atoms with Crippen LogP contribution in [0.2, 0.25) is 0 Å². The second-order valence-corrected chi connectivity index (χ2v) is 10.8. The lowest BCUT2D eigenvalue weighted by atomic mass is 9.98. The van der Waals surface area contributed by atoms with Gasteiger partial charge in [0.15, 0.2) is 10.6 Å². The molecule has 0 unspecified atom stereocenters. The van der Waals surface area contributed by atoms with E-state index in [1.807, 2.05) is 6.92 Å². The van der Waals surface area contributed by atoms with E-state index in [9.17, 15) is 22.0 Å². The molecule has 1 saturated heterocycles. The molecule has 0 atom stereocenters. The number of fused-ring (bicyclic) bond motifs is 1. The molecule has 0 spiro atoms. The Bertz CT molecular complexity index is 1430. The molecule has 0 N–H and O–H groups in total. The number of aromatic nitrogens is 1. The number of nitrogens with zero attached hydrogens (tertiary/aromatic N) is 3. The zero-order chi connectivity index (χ0) is 23.8. The standard InChI is InChI=1S/C23H21F2N3O3S2/c1-3-10-28-21-19(25)13-17(24)14-20(21)32-23(28)26-22(29)16-8-11-27(12-9-16)33(30,31)18-6-4-15(2)5-7-18/h1,4-7,13-14,16H,8-12H2,2H3. The molecule has 0 saturated carbocycles. The molecule has 172 valence electrons. The van der Waals surface area contributed by atoms with Crippen molar-refractivity contribution < 1.29 is 22.0 Å². The SMILES string of the molecule is C#CCn1c(=NC(=O)C2CCN(S(=O)(=O)c3ccc(C)cc3)CC2)sc2cc(F)cc(F)c21. The second kappa shape index (κ2) is 9.17.